The SMILES string of the molecule is O=C1N/C(=C/c2cccc(F)c2)C(=O)N1Cc1ccc(F)cc1. The molecule has 0 saturated carbocycles. The number of hydrogen-bond acceptors (Lipinski definition) is 2. The van der Waals surface area contributed by atoms with Crippen LogP contribution >= 0.6 is 0 Å². The van der Waals surface area contributed by atoms with Gasteiger partial charge in [0.1, 0.15) is 17.3 Å². The Balaban J connectivity index is 1.81. The Kier molecular flexibility index (Phi) is 3.89. The number of imide groups is 1. The topological polar surface area (TPSA) is 49.4 Å². The minimum absolute atomic E-state index is 0.0332. The summed E-state index contributed by atoms with van der Waals surface area (Å²) in [6.07, 6.45) is 1.41. The van der Waals surface area contributed by atoms with Gasteiger partial charge in [-0.05, 0) is 41.5 Å². The van der Waals surface area contributed by atoms with Crippen LogP contribution in [0.25, 0.3) is 6.08 Å². The normalized spacial score (nSPS) is 16.1. The maximum atomic E-state index is 13.2. The second-order valence-electron chi connectivity index (χ2n) is 5.06. The van der Waals surface area contributed by atoms with E-state index in [9.17, 15) is 18.4 Å². The van der Waals surface area contributed by atoms with Gasteiger partial charge in [-0.15, -0.1) is 0 Å². The molecule has 0 radical (unpaired) electrons. The number of hydrogen-bond donors (Lipinski definition) is 1. The second-order valence-corrected chi connectivity index (χ2v) is 5.06. The highest BCUT2D eigenvalue weighted by Crippen LogP contribution is 2.17. The Morgan fingerprint density at radius 1 is 1.00 bits per heavy atom. The molecule has 0 atom stereocenters. The van der Waals surface area contributed by atoms with E-state index in [1.807, 2.05) is 0 Å². The van der Waals surface area contributed by atoms with Crippen LogP contribution in [0.15, 0.2) is 54.2 Å². The molecule has 1 fully saturated rings. The Morgan fingerprint density at radius 3 is 2.43 bits per heavy atom. The first-order valence-corrected chi connectivity index (χ1v) is 6.87. The van der Waals surface area contributed by atoms with Crippen LogP contribution in [0, 0.1) is 11.6 Å². The van der Waals surface area contributed by atoms with E-state index in [-0.39, 0.29) is 12.2 Å². The van der Waals surface area contributed by atoms with Crippen LogP contribution in [-0.4, -0.2) is 16.8 Å². The van der Waals surface area contributed by atoms with Crippen LogP contribution in [0.5, 0.6) is 0 Å². The molecule has 4 nitrogen and oxygen atoms in total. The first kappa shape index (κ1) is 14.9. The average Bonchev–Trinajstić information content (AvgIpc) is 2.77. The molecule has 1 saturated heterocycles. The molecule has 0 aromatic heterocycles. The standard InChI is InChI=1S/C17H12F2N2O2/c18-13-6-4-11(5-7-13)10-21-16(22)15(20-17(21)23)9-12-2-1-3-14(19)8-12/h1-9H,10H2,(H,20,23)/b15-9+. The molecule has 3 rings (SSSR count). The maximum Gasteiger partial charge on any atom is 0.329 e. The minimum atomic E-state index is -0.568. The molecule has 0 spiro atoms. The lowest BCUT2D eigenvalue weighted by atomic mass is 10.2. The Labute approximate surface area is 131 Å². The van der Waals surface area contributed by atoms with Crippen molar-refractivity contribution in [3.8, 4) is 0 Å². The molecule has 1 N–H and O–H groups in total. The van der Waals surface area contributed by atoms with Gasteiger partial charge in [-0.1, -0.05) is 24.3 Å². The fourth-order valence-electron chi connectivity index (χ4n) is 2.25. The predicted molar refractivity (Wildman–Crippen MR) is 79.9 cm³/mol. The molecule has 1 aliphatic rings. The second kappa shape index (κ2) is 6.00. The van der Waals surface area contributed by atoms with Crippen LogP contribution in [0.3, 0.4) is 0 Å². The summed E-state index contributed by atoms with van der Waals surface area (Å²) in [7, 11) is 0. The zero-order valence-electron chi connectivity index (χ0n) is 11.9. The average molecular weight is 314 g/mol. The van der Waals surface area contributed by atoms with E-state index in [0.29, 0.717) is 11.1 Å². The lowest BCUT2D eigenvalue weighted by molar-refractivity contribution is -0.123. The Morgan fingerprint density at radius 2 is 1.74 bits per heavy atom. The molecule has 2 aromatic rings. The Bertz CT molecular complexity index is 800. The van der Waals surface area contributed by atoms with Crippen LogP contribution in [0.1, 0.15) is 11.1 Å². The smallest absolute Gasteiger partial charge is 0.303 e. The number of halogens is 2. The van der Waals surface area contributed by atoms with Crippen molar-refractivity contribution in [3.63, 3.8) is 0 Å². The fourth-order valence-corrected chi connectivity index (χ4v) is 2.25. The summed E-state index contributed by atoms with van der Waals surface area (Å²) >= 11 is 0. The number of carbonyl (C=O) groups excluding carboxylic acids is 2. The van der Waals surface area contributed by atoms with Gasteiger partial charge in [0, 0.05) is 0 Å². The molecule has 116 valence electrons. The summed E-state index contributed by atoms with van der Waals surface area (Å²) in [6, 6.07) is 10.6. The molecular formula is C17H12F2N2O2. The van der Waals surface area contributed by atoms with Crippen molar-refractivity contribution in [1.29, 1.82) is 0 Å². The molecule has 3 amide bonds. The zero-order chi connectivity index (χ0) is 16.4. The third kappa shape index (κ3) is 3.26. The van der Waals surface area contributed by atoms with Gasteiger partial charge in [-0.25, -0.2) is 13.6 Å². The van der Waals surface area contributed by atoms with Crippen LogP contribution in [0.2, 0.25) is 0 Å². The predicted octanol–water partition coefficient (Wildman–Crippen LogP) is 3.06. The number of carbonyl (C=O) groups is 2. The van der Waals surface area contributed by atoms with E-state index in [2.05, 4.69) is 5.32 Å². The lowest BCUT2D eigenvalue weighted by Gasteiger charge is -2.11. The van der Waals surface area contributed by atoms with Gasteiger partial charge in [0.25, 0.3) is 5.91 Å². The summed E-state index contributed by atoms with van der Waals surface area (Å²) in [6.45, 7) is 0.0332. The van der Waals surface area contributed by atoms with E-state index in [4.69, 9.17) is 0 Å². The van der Waals surface area contributed by atoms with Crippen LogP contribution < -0.4 is 5.32 Å². The summed E-state index contributed by atoms with van der Waals surface area (Å²) in [5.41, 5.74) is 1.17. The number of amides is 3. The van der Waals surface area contributed by atoms with Gasteiger partial charge in [0.2, 0.25) is 0 Å². The number of rotatable bonds is 3. The highest BCUT2D eigenvalue weighted by molar-refractivity contribution is 6.13. The Hall–Kier alpha value is -3.02. The van der Waals surface area contributed by atoms with E-state index in [1.165, 1.54) is 48.5 Å². The first-order valence-electron chi connectivity index (χ1n) is 6.87. The van der Waals surface area contributed by atoms with Crippen molar-refractivity contribution < 1.29 is 18.4 Å². The van der Waals surface area contributed by atoms with Gasteiger partial charge < -0.3 is 5.32 Å². The summed E-state index contributed by atoms with van der Waals surface area (Å²) in [4.78, 5) is 25.2. The minimum Gasteiger partial charge on any atom is -0.303 e. The van der Waals surface area contributed by atoms with E-state index < -0.39 is 23.6 Å². The van der Waals surface area contributed by atoms with Crippen molar-refractivity contribution in [1.82, 2.24) is 10.2 Å². The third-order valence-electron chi connectivity index (χ3n) is 3.38. The van der Waals surface area contributed by atoms with Crippen molar-refractivity contribution in [2.45, 2.75) is 6.54 Å². The lowest BCUT2D eigenvalue weighted by Crippen LogP contribution is -2.30. The molecule has 0 bridgehead atoms. The van der Waals surface area contributed by atoms with Gasteiger partial charge in [0.15, 0.2) is 0 Å². The van der Waals surface area contributed by atoms with Crippen molar-refractivity contribution in [2.24, 2.45) is 0 Å². The van der Waals surface area contributed by atoms with Crippen molar-refractivity contribution >= 4 is 18.0 Å². The number of nitrogens with zero attached hydrogens (tertiary/aromatic N) is 1. The van der Waals surface area contributed by atoms with Crippen molar-refractivity contribution in [2.75, 3.05) is 0 Å². The van der Waals surface area contributed by atoms with Crippen molar-refractivity contribution in [3.05, 3.63) is 77.0 Å². The summed E-state index contributed by atoms with van der Waals surface area (Å²) < 4.78 is 26.1. The third-order valence-corrected chi connectivity index (χ3v) is 3.38. The van der Waals surface area contributed by atoms with Crippen LogP contribution in [-0.2, 0) is 11.3 Å². The monoisotopic (exact) mass is 314 g/mol. The molecule has 1 heterocycles. The highest BCUT2D eigenvalue weighted by atomic mass is 19.1. The van der Waals surface area contributed by atoms with E-state index in [0.717, 1.165) is 4.90 Å². The number of benzene rings is 2. The summed E-state index contributed by atoms with van der Waals surface area (Å²) in [5, 5.41) is 2.46. The van der Waals surface area contributed by atoms with Gasteiger partial charge in [0.05, 0.1) is 6.54 Å². The fraction of sp³-hybridized carbons (Fsp3) is 0.0588. The summed E-state index contributed by atoms with van der Waals surface area (Å²) in [5.74, 6) is -1.33. The first-order chi connectivity index (χ1) is 11.0. The molecule has 2 aromatic carbocycles. The largest absolute Gasteiger partial charge is 0.329 e. The molecule has 1 aliphatic heterocycles. The quantitative estimate of drug-likeness (QED) is 0.699. The zero-order valence-corrected chi connectivity index (χ0v) is 11.9. The molecular weight excluding hydrogens is 302 g/mol. The highest BCUT2D eigenvalue weighted by Gasteiger charge is 2.33. The van der Waals surface area contributed by atoms with Crippen LogP contribution in [0.4, 0.5) is 13.6 Å². The maximum absolute atomic E-state index is 13.2. The molecule has 6 heteroatoms. The molecule has 0 unspecified atom stereocenters. The van der Waals surface area contributed by atoms with Gasteiger partial charge >= 0.3 is 6.03 Å². The molecule has 23 heavy (non-hydrogen) atoms. The van der Waals surface area contributed by atoms with E-state index >= 15 is 0 Å². The molecule has 0 aliphatic carbocycles. The van der Waals surface area contributed by atoms with E-state index in [1.54, 1.807) is 6.07 Å². The number of urea groups is 1. The van der Waals surface area contributed by atoms with Gasteiger partial charge in [-0.3, -0.25) is 9.69 Å². The number of nitrogens with one attached hydrogen (secondary N) is 1. The van der Waals surface area contributed by atoms with Gasteiger partial charge in [-0.2, -0.15) is 0 Å².